The third-order valence-electron chi connectivity index (χ3n) is 4.08. The normalized spacial score (nSPS) is 25.9. The summed E-state index contributed by atoms with van der Waals surface area (Å²) in [5.41, 5.74) is 1.50. The predicted molar refractivity (Wildman–Crippen MR) is 78.1 cm³/mol. The molecule has 1 aromatic carbocycles. The van der Waals surface area contributed by atoms with Crippen molar-refractivity contribution in [1.29, 1.82) is 0 Å². The lowest BCUT2D eigenvalue weighted by Gasteiger charge is -2.49. The van der Waals surface area contributed by atoms with Crippen LogP contribution in [-0.4, -0.2) is 19.8 Å². The molecule has 0 saturated heterocycles. The SMILES string of the molecule is Cc1ccc(C)c(S(=O)(=O)NC2CC(Cl)C2(C)C)c1. The lowest BCUT2D eigenvalue weighted by atomic mass is 9.67. The minimum absolute atomic E-state index is 0.0267. The van der Waals surface area contributed by atoms with E-state index in [0.717, 1.165) is 11.1 Å². The number of hydrogen-bond donors (Lipinski definition) is 1. The van der Waals surface area contributed by atoms with Gasteiger partial charge in [0, 0.05) is 11.4 Å². The van der Waals surface area contributed by atoms with E-state index in [1.807, 2.05) is 39.8 Å². The van der Waals surface area contributed by atoms with Crippen molar-refractivity contribution in [2.24, 2.45) is 5.41 Å². The van der Waals surface area contributed by atoms with Gasteiger partial charge in [0.25, 0.3) is 0 Å². The smallest absolute Gasteiger partial charge is 0.207 e. The average Bonchev–Trinajstić information content (AvgIpc) is 2.31. The number of aryl methyl sites for hydroxylation is 2. The van der Waals surface area contributed by atoms with Crippen LogP contribution in [0.4, 0.5) is 0 Å². The largest absolute Gasteiger partial charge is 0.241 e. The quantitative estimate of drug-likeness (QED) is 0.872. The standard InChI is InChI=1S/C14H20ClNO2S/c1-9-5-6-10(2)11(7-9)19(17,18)16-13-8-12(15)14(13,3)4/h5-7,12-13,16H,8H2,1-4H3. The Balaban J connectivity index is 2.27. The van der Waals surface area contributed by atoms with Gasteiger partial charge in [0.2, 0.25) is 10.0 Å². The van der Waals surface area contributed by atoms with Crippen LogP contribution in [0.3, 0.4) is 0 Å². The van der Waals surface area contributed by atoms with Crippen molar-refractivity contribution in [3.63, 3.8) is 0 Å². The van der Waals surface area contributed by atoms with Gasteiger partial charge in [-0.15, -0.1) is 11.6 Å². The van der Waals surface area contributed by atoms with Crippen LogP contribution in [0.5, 0.6) is 0 Å². The molecule has 1 aliphatic rings. The van der Waals surface area contributed by atoms with Gasteiger partial charge in [0.15, 0.2) is 0 Å². The molecule has 1 N–H and O–H groups in total. The molecule has 1 aliphatic carbocycles. The van der Waals surface area contributed by atoms with Gasteiger partial charge in [-0.1, -0.05) is 26.0 Å². The summed E-state index contributed by atoms with van der Waals surface area (Å²) >= 11 is 6.13. The van der Waals surface area contributed by atoms with Crippen LogP contribution in [0.25, 0.3) is 0 Å². The molecule has 0 aliphatic heterocycles. The van der Waals surface area contributed by atoms with E-state index in [4.69, 9.17) is 11.6 Å². The summed E-state index contributed by atoms with van der Waals surface area (Å²) in [6.45, 7) is 7.68. The van der Waals surface area contributed by atoms with E-state index in [-0.39, 0.29) is 16.8 Å². The Hall–Kier alpha value is -0.580. The van der Waals surface area contributed by atoms with Crippen molar-refractivity contribution < 1.29 is 8.42 Å². The Kier molecular flexibility index (Phi) is 3.71. The molecule has 0 aromatic heterocycles. The van der Waals surface area contributed by atoms with E-state index in [1.165, 1.54) is 0 Å². The van der Waals surface area contributed by atoms with Gasteiger partial charge in [-0.25, -0.2) is 13.1 Å². The Morgan fingerprint density at radius 1 is 1.32 bits per heavy atom. The predicted octanol–water partition coefficient (Wildman–Crippen LogP) is 2.99. The summed E-state index contributed by atoms with van der Waals surface area (Å²) in [5, 5.41) is 0.0267. The highest BCUT2D eigenvalue weighted by Gasteiger charge is 2.48. The first-order valence-corrected chi connectivity index (χ1v) is 8.30. The van der Waals surface area contributed by atoms with E-state index in [9.17, 15) is 8.42 Å². The Labute approximate surface area is 120 Å². The lowest BCUT2D eigenvalue weighted by molar-refractivity contribution is 0.137. The zero-order valence-corrected chi connectivity index (χ0v) is 13.3. The molecular weight excluding hydrogens is 282 g/mol. The first-order chi connectivity index (χ1) is 8.64. The summed E-state index contributed by atoms with van der Waals surface area (Å²) in [6.07, 6.45) is 0.679. The Morgan fingerprint density at radius 2 is 1.95 bits per heavy atom. The summed E-state index contributed by atoms with van der Waals surface area (Å²) in [7, 11) is -3.48. The molecular formula is C14H20ClNO2S. The number of benzene rings is 1. The van der Waals surface area contributed by atoms with Crippen LogP contribution in [0.2, 0.25) is 0 Å². The van der Waals surface area contributed by atoms with Gasteiger partial charge >= 0.3 is 0 Å². The number of rotatable bonds is 3. The maximum atomic E-state index is 12.4. The number of sulfonamides is 1. The first kappa shape index (κ1) is 14.8. The second kappa shape index (κ2) is 4.76. The van der Waals surface area contributed by atoms with Gasteiger partial charge in [0.05, 0.1) is 4.90 Å². The van der Waals surface area contributed by atoms with Crippen molar-refractivity contribution in [1.82, 2.24) is 4.72 Å². The maximum Gasteiger partial charge on any atom is 0.241 e. The van der Waals surface area contributed by atoms with Gasteiger partial charge in [-0.2, -0.15) is 0 Å². The average molecular weight is 302 g/mol. The second-order valence-electron chi connectivity index (χ2n) is 5.97. The van der Waals surface area contributed by atoms with E-state index >= 15 is 0 Å². The number of nitrogens with one attached hydrogen (secondary N) is 1. The summed E-state index contributed by atoms with van der Waals surface area (Å²) < 4.78 is 27.7. The van der Waals surface area contributed by atoms with Crippen LogP contribution < -0.4 is 4.72 Å². The third-order valence-corrected chi connectivity index (χ3v) is 6.43. The van der Waals surface area contributed by atoms with E-state index in [2.05, 4.69) is 4.72 Å². The van der Waals surface area contributed by atoms with E-state index < -0.39 is 10.0 Å². The van der Waals surface area contributed by atoms with Crippen molar-refractivity contribution in [3.05, 3.63) is 29.3 Å². The molecule has 106 valence electrons. The molecule has 3 nitrogen and oxygen atoms in total. The fourth-order valence-electron chi connectivity index (χ4n) is 2.32. The van der Waals surface area contributed by atoms with Crippen LogP contribution in [0, 0.1) is 19.3 Å². The van der Waals surface area contributed by atoms with Gasteiger partial charge in [-0.3, -0.25) is 0 Å². The third kappa shape index (κ3) is 2.67. The molecule has 19 heavy (non-hydrogen) atoms. The fourth-order valence-corrected chi connectivity index (χ4v) is 4.38. The minimum Gasteiger partial charge on any atom is -0.207 e. The molecule has 1 fully saturated rings. The van der Waals surface area contributed by atoms with Gasteiger partial charge < -0.3 is 0 Å². The fraction of sp³-hybridized carbons (Fsp3) is 0.571. The topological polar surface area (TPSA) is 46.2 Å². The van der Waals surface area contributed by atoms with Crippen LogP contribution in [0.1, 0.15) is 31.4 Å². The summed E-state index contributed by atoms with van der Waals surface area (Å²) in [4.78, 5) is 0.362. The lowest BCUT2D eigenvalue weighted by Crippen LogP contribution is -2.59. The molecule has 5 heteroatoms. The highest BCUT2D eigenvalue weighted by atomic mass is 35.5. The second-order valence-corrected chi connectivity index (χ2v) is 8.18. The minimum atomic E-state index is -3.48. The number of alkyl halides is 1. The molecule has 0 radical (unpaired) electrons. The zero-order chi connectivity index (χ0) is 14.4. The molecule has 0 heterocycles. The zero-order valence-electron chi connectivity index (χ0n) is 11.7. The highest BCUT2D eigenvalue weighted by Crippen LogP contribution is 2.44. The van der Waals surface area contributed by atoms with Crippen LogP contribution in [-0.2, 0) is 10.0 Å². The molecule has 2 atom stereocenters. The van der Waals surface area contributed by atoms with E-state index in [1.54, 1.807) is 6.07 Å². The number of hydrogen-bond acceptors (Lipinski definition) is 2. The van der Waals surface area contributed by atoms with Crippen LogP contribution >= 0.6 is 11.6 Å². The van der Waals surface area contributed by atoms with Crippen molar-refractivity contribution in [2.75, 3.05) is 0 Å². The van der Waals surface area contributed by atoms with Gasteiger partial charge in [-0.05, 0) is 42.9 Å². The summed E-state index contributed by atoms with van der Waals surface area (Å²) in [5.74, 6) is 0. The molecule has 2 unspecified atom stereocenters. The van der Waals surface area contributed by atoms with E-state index in [0.29, 0.717) is 11.3 Å². The van der Waals surface area contributed by atoms with Crippen LogP contribution in [0.15, 0.2) is 23.1 Å². The molecule has 0 spiro atoms. The molecule has 0 bridgehead atoms. The monoisotopic (exact) mass is 301 g/mol. The van der Waals surface area contributed by atoms with Crippen molar-refractivity contribution >= 4 is 21.6 Å². The van der Waals surface area contributed by atoms with Crippen molar-refractivity contribution in [2.45, 2.75) is 50.4 Å². The maximum absolute atomic E-state index is 12.4. The molecule has 2 rings (SSSR count). The number of halogens is 1. The summed E-state index contributed by atoms with van der Waals surface area (Å²) in [6, 6.07) is 5.36. The first-order valence-electron chi connectivity index (χ1n) is 6.38. The van der Waals surface area contributed by atoms with Gasteiger partial charge in [0.1, 0.15) is 0 Å². The molecule has 1 saturated carbocycles. The Bertz CT molecular complexity index is 595. The van der Waals surface area contributed by atoms with Crippen molar-refractivity contribution in [3.8, 4) is 0 Å². The molecule has 1 aromatic rings. The highest BCUT2D eigenvalue weighted by molar-refractivity contribution is 7.89. The molecule has 0 amide bonds. The Morgan fingerprint density at radius 3 is 2.47 bits per heavy atom.